The Morgan fingerprint density at radius 2 is 2.07 bits per heavy atom. The van der Waals surface area contributed by atoms with Crippen molar-refractivity contribution in [2.75, 3.05) is 6.61 Å². The molecule has 0 aliphatic carbocycles. The molecule has 3 nitrogen and oxygen atoms in total. The molecule has 0 radical (unpaired) electrons. The lowest BCUT2D eigenvalue weighted by Gasteiger charge is -2.06. The first-order chi connectivity index (χ1) is 7.13. The summed E-state index contributed by atoms with van der Waals surface area (Å²) < 4.78 is 5.26. The number of hydrogen-bond donors (Lipinski definition) is 1. The quantitative estimate of drug-likeness (QED) is 0.787. The summed E-state index contributed by atoms with van der Waals surface area (Å²) in [6, 6.07) is 7.27. The summed E-state index contributed by atoms with van der Waals surface area (Å²) in [5.74, 6) is -0.215. The molecule has 1 atom stereocenters. The van der Waals surface area contributed by atoms with E-state index in [0.717, 1.165) is 11.3 Å². The molecule has 0 aliphatic heterocycles. The number of alkyl halides is 1. The van der Waals surface area contributed by atoms with Gasteiger partial charge in [0.2, 0.25) is 0 Å². The fourth-order valence-electron chi connectivity index (χ4n) is 1.18. The van der Waals surface area contributed by atoms with Crippen LogP contribution in [0.5, 0.6) is 5.75 Å². The van der Waals surface area contributed by atoms with Crippen molar-refractivity contribution in [1.29, 1.82) is 0 Å². The molecule has 0 spiro atoms. The maximum Gasteiger partial charge on any atom is 0.321 e. The van der Waals surface area contributed by atoms with Gasteiger partial charge in [0.25, 0.3) is 0 Å². The van der Waals surface area contributed by atoms with Crippen molar-refractivity contribution in [3.63, 3.8) is 0 Å². The van der Waals surface area contributed by atoms with Crippen LogP contribution in [0.3, 0.4) is 0 Å². The second-order valence-electron chi connectivity index (χ2n) is 3.09. The number of carbonyl (C=O) groups is 1. The van der Waals surface area contributed by atoms with E-state index in [9.17, 15) is 4.79 Å². The lowest BCUT2D eigenvalue weighted by atomic mass is 10.1. The van der Waals surface area contributed by atoms with E-state index < -0.39 is 11.3 Å². The first kappa shape index (κ1) is 11.9. The molecule has 1 N–H and O–H groups in total. The summed E-state index contributed by atoms with van der Waals surface area (Å²) in [6.45, 7) is 2.53. The Hall–Kier alpha value is -1.22. The van der Waals surface area contributed by atoms with Crippen molar-refractivity contribution >= 4 is 17.6 Å². The Morgan fingerprint density at radius 3 is 2.53 bits per heavy atom. The fourth-order valence-corrected chi connectivity index (χ4v) is 1.36. The minimum atomic E-state index is -0.995. The highest BCUT2D eigenvalue weighted by molar-refractivity contribution is 6.29. The maximum absolute atomic E-state index is 10.5. The van der Waals surface area contributed by atoms with Crippen LogP contribution in [0.15, 0.2) is 24.3 Å². The molecule has 15 heavy (non-hydrogen) atoms. The number of benzene rings is 1. The Morgan fingerprint density at radius 1 is 1.47 bits per heavy atom. The third kappa shape index (κ3) is 3.80. The molecule has 1 aromatic rings. The summed E-state index contributed by atoms with van der Waals surface area (Å²) in [7, 11) is 0. The van der Waals surface area contributed by atoms with Gasteiger partial charge in [0, 0.05) is 0 Å². The van der Waals surface area contributed by atoms with Crippen molar-refractivity contribution in [2.45, 2.75) is 18.7 Å². The Balaban J connectivity index is 2.60. The van der Waals surface area contributed by atoms with Crippen LogP contribution in [0, 0.1) is 0 Å². The first-order valence-corrected chi connectivity index (χ1v) is 5.15. The van der Waals surface area contributed by atoms with Crippen molar-refractivity contribution in [3.05, 3.63) is 29.8 Å². The largest absolute Gasteiger partial charge is 0.494 e. The zero-order chi connectivity index (χ0) is 11.3. The number of carboxylic acid groups (broad SMARTS) is 1. The molecule has 1 rings (SSSR count). The highest BCUT2D eigenvalue weighted by Crippen LogP contribution is 2.14. The molecule has 0 heterocycles. The average Bonchev–Trinajstić information content (AvgIpc) is 2.21. The predicted molar refractivity (Wildman–Crippen MR) is 58.6 cm³/mol. The van der Waals surface area contributed by atoms with E-state index in [1.165, 1.54) is 0 Å². The monoisotopic (exact) mass is 228 g/mol. The number of carboxylic acids is 1. The number of rotatable bonds is 5. The van der Waals surface area contributed by atoms with Crippen molar-refractivity contribution in [2.24, 2.45) is 0 Å². The van der Waals surface area contributed by atoms with Gasteiger partial charge in [0.1, 0.15) is 11.1 Å². The topological polar surface area (TPSA) is 46.5 Å². The molecule has 0 fully saturated rings. The van der Waals surface area contributed by atoms with E-state index in [-0.39, 0.29) is 0 Å². The summed E-state index contributed by atoms with van der Waals surface area (Å²) in [6.07, 6.45) is 0.323. The SMILES string of the molecule is CCOc1ccc(CC(Cl)C(=O)O)cc1. The highest BCUT2D eigenvalue weighted by Gasteiger charge is 2.13. The molecular weight excluding hydrogens is 216 g/mol. The Kier molecular flexibility index (Phi) is 4.43. The summed E-state index contributed by atoms with van der Waals surface area (Å²) in [5.41, 5.74) is 0.890. The number of aliphatic carboxylic acids is 1. The third-order valence-electron chi connectivity index (χ3n) is 1.92. The zero-order valence-electron chi connectivity index (χ0n) is 8.44. The number of hydrogen-bond acceptors (Lipinski definition) is 2. The molecule has 0 amide bonds. The first-order valence-electron chi connectivity index (χ1n) is 4.72. The maximum atomic E-state index is 10.5. The van der Waals surface area contributed by atoms with E-state index in [1.54, 1.807) is 0 Å². The van der Waals surface area contributed by atoms with Crippen LogP contribution in [0.25, 0.3) is 0 Å². The van der Waals surface area contributed by atoms with Gasteiger partial charge >= 0.3 is 5.97 Å². The molecule has 1 unspecified atom stereocenters. The summed E-state index contributed by atoms with van der Waals surface area (Å²) in [5, 5.41) is 7.75. The van der Waals surface area contributed by atoms with Crippen LogP contribution < -0.4 is 4.74 Å². The van der Waals surface area contributed by atoms with Gasteiger partial charge in [-0.05, 0) is 31.0 Å². The van der Waals surface area contributed by atoms with Crippen molar-refractivity contribution < 1.29 is 14.6 Å². The molecule has 1 aromatic carbocycles. The molecule has 0 saturated carbocycles. The second kappa shape index (κ2) is 5.61. The van der Waals surface area contributed by atoms with Crippen LogP contribution in [0.2, 0.25) is 0 Å². The van der Waals surface area contributed by atoms with Crippen LogP contribution >= 0.6 is 11.6 Å². The van der Waals surface area contributed by atoms with Crippen LogP contribution in [0.4, 0.5) is 0 Å². The van der Waals surface area contributed by atoms with Gasteiger partial charge in [0.05, 0.1) is 6.61 Å². The van der Waals surface area contributed by atoms with E-state index in [1.807, 2.05) is 31.2 Å². The zero-order valence-corrected chi connectivity index (χ0v) is 9.20. The van der Waals surface area contributed by atoms with Crippen LogP contribution in [0.1, 0.15) is 12.5 Å². The molecule has 4 heteroatoms. The molecule has 0 saturated heterocycles. The smallest absolute Gasteiger partial charge is 0.321 e. The number of ether oxygens (including phenoxy) is 1. The van der Waals surface area contributed by atoms with Gasteiger partial charge < -0.3 is 9.84 Å². The second-order valence-corrected chi connectivity index (χ2v) is 3.61. The summed E-state index contributed by atoms with van der Waals surface area (Å²) in [4.78, 5) is 10.5. The minimum Gasteiger partial charge on any atom is -0.494 e. The normalized spacial score (nSPS) is 12.1. The van der Waals surface area contributed by atoms with Gasteiger partial charge in [0.15, 0.2) is 0 Å². The minimum absolute atomic E-state index is 0.323. The van der Waals surface area contributed by atoms with E-state index >= 15 is 0 Å². The van der Waals surface area contributed by atoms with Gasteiger partial charge in [-0.3, -0.25) is 4.79 Å². The van der Waals surface area contributed by atoms with Gasteiger partial charge in [-0.15, -0.1) is 11.6 Å². The van der Waals surface area contributed by atoms with Crippen LogP contribution in [-0.2, 0) is 11.2 Å². The van der Waals surface area contributed by atoms with Gasteiger partial charge in [-0.1, -0.05) is 12.1 Å². The lowest BCUT2D eigenvalue weighted by molar-refractivity contribution is -0.136. The molecule has 0 aliphatic rings. The number of halogens is 1. The molecule has 82 valence electrons. The summed E-state index contributed by atoms with van der Waals surface area (Å²) >= 11 is 5.62. The van der Waals surface area contributed by atoms with Gasteiger partial charge in [-0.25, -0.2) is 0 Å². The fraction of sp³-hybridized carbons (Fsp3) is 0.364. The van der Waals surface area contributed by atoms with Crippen molar-refractivity contribution in [3.8, 4) is 5.75 Å². The highest BCUT2D eigenvalue weighted by atomic mass is 35.5. The van der Waals surface area contributed by atoms with E-state index in [2.05, 4.69) is 0 Å². The van der Waals surface area contributed by atoms with E-state index in [0.29, 0.717) is 13.0 Å². The van der Waals surface area contributed by atoms with Crippen LogP contribution in [-0.4, -0.2) is 23.1 Å². The molecule has 0 aromatic heterocycles. The Labute approximate surface area is 93.6 Å². The lowest BCUT2D eigenvalue weighted by Crippen LogP contribution is -2.15. The molecular formula is C11H13ClO3. The molecule has 0 bridgehead atoms. The van der Waals surface area contributed by atoms with E-state index in [4.69, 9.17) is 21.4 Å². The standard InChI is InChI=1S/C11H13ClO3/c1-2-15-9-5-3-8(4-6-9)7-10(12)11(13)14/h3-6,10H,2,7H2,1H3,(H,13,14). The van der Waals surface area contributed by atoms with Crippen molar-refractivity contribution in [1.82, 2.24) is 0 Å². The Bertz CT molecular complexity index is 321. The average molecular weight is 229 g/mol. The predicted octanol–water partition coefficient (Wildman–Crippen LogP) is 2.32. The van der Waals surface area contributed by atoms with Gasteiger partial charge in [-0.2, -0.15) is 0 Å². The third-order valence-corrected chi connectivity index (χ3v) is 2.26.